The predicted molar refractivity (Wildman–Crippen MR) is 127 cm³/mol. The lowest BCUT2D eigenvalue weighted by atomic mass is 9.94. The second-order valence-corrected chi connectivity index (χ2v) is 9.14. The number of benzene rings is 2. The van der Waals surface area contributed by atoms with Gasteiger partial charge in [0.15, 0.2) is 0 Å². The number of amides is 2. The third kappa shape index (κ3) is 6.86. The van der Waals surface area contributed by atoms with Crippen LogP contribution in [-0.4, -0.2) is 28.6 Å². The number of nitrogens with one attached hydrogen (secondary N) is 1. The molecule has 166 valence electrons. The van der Waals surface area contributed by atoms with E-state index in [2.05, 4.69) is 5.32 Å². The fourth-order valence-electron chi connectivity index (χ4n) is 3.98. The predicted octanol–water partition coefficient (Wildman–Crippen LogP) is 6.14. The summed E-state index contributed by atoms with van der Waals surface area (Å²) in [6, 6.07) is 13.7. The van der Waals surface area contributed by atoms with Crippen LogP contribution >= 0.6 is 34.8 Å². The fraction of sp³-hybridized carbons (Fsp3) is 0.417. The molecule has 1 fully saturated rings. The summed E-state index contributed by atoms with van der Waals surface area (Å²) in [5.41, 5.74) is 1.60. The number of carbonyl (C=O) groups excluding carboxylic acids is 2. The Labute approximate surface area is 198 Å². The Balaban J connectivity index is 1.94. The highest BCUT2D eigenvalue weighted by atomic mass is 35.5. The molecule has 31 heavy (non-hydrogen) atoms. The van der Waals surface area contributed by atoms with Gasteiger partial charge in [-0.1, -0.05) is 66.7 Å². The first-order valence-electron chi connectivity index (χ1n) is 10.6. The summed E-state index contributed by atoms with van der Waals surface area (Å²) in [7, 11) is 0. The van der Waals surface area contributed by atoms with Crippen molar-refractivity contribution >= 4 is 46.6 Å². The fourth-order valence-corrected chi connectivity index (χ4v) is 4.39. The highest BCUT2D eigenvalue weighted by molar-refractivity contribution is 6.30. The van der Waals surface area contributed by atoms with Crippen LogP contribution in [-0.2, 0) is 16.1 Å². The smallest absolute Gasteiger partial charge is 0.247 e. The molecule has 1 aliphatic carbocycles. The Morgan fingerprint density at radius 2 is 1.52 bits per heavy atom. The zero-order valence-electron chi connectivity index (χ0n) is 17.3. The second kappa shape index (κ2) is 11.8. The molecular weight excluding hydrogens is 455 g/mol. The van der Waals surface area contributed by atoms with Gasteiger partial charge in [-0.2, -0.15) is 0 Å². The van der Waals surface area contributed by atoms with Gasteiger partial charge in [0.25, 0.3) is 0 Å². The van der Waals surface area contributed by atoms with Crippen LogP contribution in [0, 0.1) is 0 Å². The van der Waals surface area contributed by atoms with Crippen molar-refractivity contribution < 1.29 is 9.59 Å². The lowest BCUT2D eigenvalue weighted by Crippen LogP contribution is -2.46. The van der Waals surface area contributed by atoms with Gasteiger partial charge in [-0.3, -0.25) is 9.59 Å². The molecule has 0 spiro atoms. The molecule has 2 aromatic carbocycles. The van der Waals surface area contributed by atoms with Crippen LogP contribution in [0.2, 0.25) is 10.0 Å². The molecule has 4 nitrogen and oxygen atoms in total. The number of nitrogens with zero attached hydrogens (tertiary/aromatic N) is 1. The van der Waals surface area contributed by atoms with E-state index in [0.717, 1.165) is 36.8 Å². The molecule has 1 unspecified atom stereocenters. The topological polar surface area (TPSA) is 49.4 Å². The molecule has 0 aliphatic heterocycles. The molecular formula is C24H27Cl3N2O2. The molecule has 1 aliphatic rings. The molecule has 0 radical (unpaired) electrons. The zero-order valence-corrected chi connectivity index (χ0v) is 19.6. The van der Waals surface area contributed by atoms with E-state index in [0.29, 0.717) is 10.0 Å². The van der Waals surface area contributed by atoms with Gasteiger partial charge < -0.3 is 10.2 Å². The third-order valence-electron chi connectivity index (χ3n) is 5.59. The molecule has 1 saturated carbocycles. The normalized spacial score (nSPS) is 15.3. The summed E-state index contributed by atoms with van der Waals surface area (Å²) >= 11 is 18.0. The average molecular weight is 482 g/mol. The van der Waals surface area contributed by atoms with Gasteiger partial charge in [-0.25, -0.2) is 0 Å². The zero-order chi connectivity index (χ0) is 22.2. The molecule has 2 aromatic rings. The number of hydrogen-bond donors (Lipinski definition) is 1. The van der Waals surface area contributed by atoms with Gasteiger partial charge in [0.05, 0.1) is 0 Å². The van der Waals surface area contributed by atoms with Gasteiger partial charge in [0.1, 0.15) is 6.04 Å². The maximum absolute atomic E-state index is 13.5. The summed E-state index contributed by atoms with van der Waals surface area (Å²) in [6.07, 6.45) is 5.49. The highest BCUT2D eigenvalue weighted by Crippen LogP contribution is 2.28. The lowest BCUT2D eigenvalue weighted by Gasteiger charge is -2.33. The molecule has 0 bridgehead atoms. The van der Waals surface area contributed by atoms with Gasteiger partial charge >= 0.3 is 0 Å². The molecule has 0 heterocycles. The van der Waals surface area contributed by atoms with E-state index in [9.17, 15) is 9.59 Å². The summed E-state index contributed by atoms with van der Waals surface area (Å²) in [4.78, 5) is 28.2. The Hall–Kier alpha value is -1.75. The number of hydrogen-bond acceptors (Lipinski definition) is 2. The molecule has 2 amide bonds. The molecule has 3 rings (SSSR count). The molecule has 1 atom stereocenters. The molecule has 1 N–H and O–H groups in total. The summed E-state index contributed by atoms with van der Waals surface area (Å²) in [6.45, 7) is 0.276. The number of alkyl halides is 1. The van der Waals surface area contributed by atoms with Crippen molar-refractivity contribution in [1.82, 2.24) is 10.2 Å². The minimum absolute atomic E-state index is 0.136. The van der Waals surface area contributed by atoms with Gasteiger partial charge in [-0.05, 0) is 48.2 Å². The Bertz CT molecular complexity index is 865. The van der Waals surface area contributed by atoms with Crippen molar-refractivity contribution in [1.29, 1.82) is 0 Å². The standard InChI is InChI=1S/C24H27Cl3N2O2/c25-15-14-22(30)29(16-17-6-10-19(26)11-7-17)23(18-8-12-20(27)13-9-18)24(31)28-21-4-2-1-3-5-21/h6-13,21,23H,1-5,14-16H2,(H,28,31). The van der Waals surface area contributed by atoms with E-state index < -0.39 is 6.04 Å². The quantitative estimate of drug-likeness (QED) is 0.460. The number of rotatable bonds is 8. The van der Waals surface area contributed by atoms with Crippen molar-refractivity contribution in [3.05, 3.63) is 69.7 Å². The van der Waals surface area contributed by atoms with Gasteiger partial charge in [0, 0.05) is 34.9 Å². The summed E-state index contributed by atoms with van der Waals surface area (Å²) in [5.74, 6) is -0.164. The SMILES string of the molecule is O=C(NC1CCCCC1)C(c1ccc(Cl)cc1)N(Cc1ccc(Cl)cc1)C(=O)CCCl. The lowest BCUT2D eigenvalue weighted by molar-refractivity contribution is -0.141. The summed E-state index contributed by atoms with van der Waals surface area (Å²) < 4.78 is 0. The molecule has 0 saturated heterocycles. The van der Waals surface area contributed by atoms with E-state index in [-0.39, 0.29) is 36.7 Å². The van der Waals surface area contributed by atoms with Crippen LogP contribution in [0.5, 0.6) is 0 Å². The van der Waals surface area contributed by atoms with Gasteiger partial charge in [0.2, 0.25) is 11.8 Å². The van der Waals surface area contributed by atoms with Crippen molar-refractivity contribution in [2.45, 2.75) is 57.2 Å². The Kier molecular flexibility index (Phi) is 9.06. The van der Waals surface area contributed by atoms with Crippen molar-refractivity contribution in [3.8, 4) is 0 Å². The number of carbonyl (C=O) groups is 2. The van der Waals surface area contributed by atoms with Crippen LogP contribution in [0.15, 0.2) is 48.5 Å². The highest BCUT2D eigenvalue weighted by Gasteiger charge is 2.32. The molecule has 0 aromatic heterocycles. The monoisotopic (exact) mass is 480 g/mol. The Morgan fingerprint density at radius 3 is 2.10 bits per heavy atom. The van der Waals surface area contributed by atoms with Crippen molar-refractivity contribution in [2.75, 3.05) is 5.88 Å². The van der Waals surface area contributed by atoms with Crippen molar-refractivity contribution in [2.24, 2.45) is 0 Å². The summed E-state index contributed by atoms with van der Waals surface area (Å²) in [5, 5.41) is 4.38. The first-order valence-corrected chi connectivity index (χ1v) is 11.9. The van der Waals surface area contributed by atoms with E-state index in [4.69, 9.17) is 34.8 Å². The van der Waals surface area contributed by atoms with Crippen LogP contribution in [0.3, 0.4) is 0 Å². The Morgan fingerprint density at radius 1 is 0.935 bits per heavy atom. The first kappa shape index (κ1) is 23.9. The van der Waals surface area contributed by atoms with Crippen molar-refractivity contribution in [3.63, 3.8) is 0 Å². The van der Waals surface area contributed by atoms with E-state index in [1.807, 2.05) is 12.1 Å². The van der Waals surface area contributed by atoms with E-state index in [1.54, 1.807) is 41.3 Å². The van der Waals surface area contributed by atoms with Crippen LogP contribution in [0.4, 0.5) is 0 Å². The third-order valence-corrected chi connectivity index (χ3v) is 6.29. The minimum Gasteiger partial charge on any atom is -0.351 e. The maximum atomic E-state index is 13.5. The number of halogens is 3. The largest absolute Gasteiger partial charge is 0.351 e. The first-order chi connectivity index (χ1) is 15.0. The second-order valence-electron chi connectivity index (χ2n) is 7.88. The van der Waals surface area contributed by atoms with Crippen LogP contribution < -0.4 is 5.32 Å². The minimum atomic E-state index is -0.773. The van der Waals surface area contributed by atoms with Crippen LogP contribution in [0.1, 0.15) is 55.7 Å². The van der Waals surface area contributed by atoms with E-state index in [1.165, 1.54) is 6.42 Å². The average Bonchev–Trinajstić information content (AvgIpc) is 2.77. The molecule has 7 heteroatoms. The van der Waals surface area contributed by atoms with Crippen LogP contribution in [0.25, 0.3) is 0 Å². The van der Waals surface area contributed by atoms with E-state index >= 15 is 0 Å². The van der Waals surface area contributed by atoms with Gasteiger partial charge in [-0.15, -0.1) is 11.6 Å². The maximum Gasteiger partial charge on any atom is 0.247 e.